The highest BCUT2D eigenvalue weighted by Gasteiger charge is 2.34. The van der Waals surface area contributed by atoms with Crippen molar-refractivity contribution >= 4 is 5.91 Å². The lowest BCUT2D eigenvalue weighted by atomic mass is 9.84. The molecule has 0 radical (unpaired) electrons. The van der Waals surface area contributed by atoms with E-state index in [2.05, 4.69) is 23.8 Å². The van der Waals surface area contributed by atoms with E-state index in [1.165, 1.54) is 12.1 Å². The van der Waals surface area contributed by atoms with Crippen molar-refractivity contribution in [1.29, 1.82) is 0 Å². The van der Waals surface area contributed by atoms with Crippen LogP contribution in [0.4, 0.5) is 0 Å². The minimum Gasteiger partial charge on any atom is -0.389 e. The summed E-state index contributed by atoms with van der Waals surface area (Å²) in [5.74, 6) is 0.528. The summed E-state index contributed by atoms with van der Waals surface area (Å²) in [6.45, 7) is 8.35. The minimum absolute atomic E-state index is 0.0450. The topological polar surface area (TPSA) is 79.6 Å². The van der Waals surface area contributed by atoms with Crippen molar-refractivity contribution in [3.8, 4) is 0 Å². The Morgan fingerprint density at radius 1 is 1.27 bits per heavy atom. The van der Waals surface area contributed by atoms with Crippen molar-refractivity contribution in [1.82, 2.24) is 20.0 Å². The van der Waals surface area contributed by atoms with Crippen LogP contribution in [-0.2, 0) is 24.1 Å². The number of aromatic nitrogens is 2. The molecular weight excluding hydrogens is 380 g/mol. The van der Waals surface area contributed by atoms with Gasteiger partial charge in [0.2, 0.25) is 0 Å². The standard InChI is InChI=1S/C23H38N4O3/c1-17(2)15-27-20-7-6-18(24-16-23(29)8-4-3-5-9-23)14-19(20)21(25-27)22(28)26-10-12-30-13-11-26/h17-18,24,29H,3-16H2,1-2H3/t18-/m0/s1. The Balaban J connectivity index is 1.50. The van der Waals surface area contributed by atoms with Crippen LogP contribution in [-0.4, -0.2) is 70.2 Å². The number of carbonyl (C=O) groups excluding carboxylic acids is 1. The molecule has 1 aromatic rings. The maximum absolute atomic E-state index is 13.3. The quantitative estimate of drug-likeness (QED) is 0.740. The first-order valence-corrected chi connectivity index (χ1v) is 11.9. The Morgan fingerprint density at radius 3 is 2.70 bits per heavy atom. The second-order valence-electron chi connectivity index (χ2n) is 9.86. The van der Waals surface area contributed by atoms with Crippen LogP contribution in [0.2, 0.25) is 0 Å². The molecule has 3 aliphatic rings. The molecule has 0 aromatic carbocycles. The van der Waals surface area contributed by atoms with Crippen LogP contribution in [0, 0.1) is 5.92 Å². The van der Waals surface area contributed by atoms with Crippen LogP contribution < -0.4 is 5.32 Å². The third kappa shape index (κ3) is 4.89. The molecule has 0 unspecified atom stereocenters. The number of hydrogen-bond donors (Lipinski definition) is 2. The van der Waals surface area contributed by atoms with Gasteiger partial charge in [0.05, 0.1) is 18.8 Å². The average molecular weight is 419 g/mol. The van der Waals surface area contributed by atoms with Crippen molar-refractivity contribution in [3.05, 3.63) is 17.0 Å². The van der Waals surface area contributed by atoms with E-state index >= 15 is 0 Å². The Bertz CT molecular complexity index is 733. The van der Waals surface area contributed by atoms with Crippen molar-refractivity contribution in [3.63, 3.8) is 0 Å². The molecular formula is C23H38N4O3. The molecule has 4 rings (SSSR count). The smallest absolute Gasteiger partial charge is 0.274 e. The number of fused-ring (bicyclic) bond motifs is 1. The number of ether oxygens (including phenoxy) is 1. The Labute approximate surface area is 180 Å². The highest BCUT2D eigenvalue weighted by Crippen LogP contribution is 2.30. The van der Waals surface area contributed by atoms with Crippen molar-refractivity contribution in [2.45, 2.75) is 83.4 Å². The molecule has 2 N–H and O–H groups in total. The summed E-state index contributed by atoms with van der Waals surface area (Å²) in [4.78, 5) is 15.2. The predicted molar refractivity (Wildman–Crippen MR) is 116 cm³/mol. The van der Waals surface area contributed by atoms with Crippen molar-refractivity contribution in [2.24, 2.45) is 5.92 Å². The molecule has 2 heterocycles. The van der Waals surface area contributed by atoms with Gasteiger partial charge in [0, 0.05) is 43.5 Å². The zero-order valence-electron chi connectivity index (χ0n) is 18.7. The zero-order chi connectivity index (χ0) is 21.1. The highest BCUT2D eigenvalue weighted by molar-refractivity contribution is 5.94. The van der Waals surface area contributed by atoms with E-state index in [9.17, 15) is 9.90 Å². The lowest BCUT2D eigenvalue weighted by molar-refractivity contribution is 0.00226. The van der Waals surface area contributed by atoms with Crippen molar-refractivity contribution in [2.75, 3.05) is 32.8 Å². The predicted octanol–water partition coefficient (Wildman–Crippen LogP) is 2.15. The fourth-order valence-corrected chi connectivity index (χ4v) is 5.17. The first kappa shape index (κ1) is 21.8. The van der Waals surface area contributed by atoms with Gasteiger partial charge < -0.3 is 20.1 Å². The molecule has 1 saturated carbocycles. The van der Waals surface area contributed by atoms with Gasteiger partial charge >= 0.3 is 0 Å². The summed E-state index contributed by atoms with van der Waals surface area (Å²) in [6, 6.07) is 0.288. The van der Waals surface area contributed by atoms with E-state index in [-0.39, 0.29) is 11.9 Å². The summed E-state index contributed by atoms with van der Waals surface area (Å²) in [7, 11) is 0. The molecule has 30 heavy (non-hydrogen) atoms. The number of morpholine rings is 1. The van der Waals surface area contributed by atoms with Crippen LogP contribution in [0.1, 0.15) is 74.1 Å². The van der Waals surface area contributed by atoms with Gasteiger partial charge in [0.25, 0.3) is 5.91 Å². The number of aliphatic hydroxyl groups is 1. The summed E-state index contributed by atoms with van der Waals surface area (Å²) in [5.41, 5.74) is 2.42. The Kier molecular flexibility index (Phi) is 6.80. The second-order valence-corrected chi connectivity index (χ2v) is 9.86. The molecule has 7 nitrogen and oxygen atoms in total. The number of amides is 1. The molecule has 168 valence electrons. The van der Waals surface area contributed by atoms with Gasteiger partial charge in [-0.3, -0.25) is 9.48 Å². The summed E-state index contributed by atoms with van der Waals surface area (Å²) < 4.78 is 7.50. The van der Waals surface area contributed by atoms with E-state index in [0.717, 1.165) is 57.1 Å². The number of rotatable bonds is 6. The Hall–Kier alpha value is -1.44. The molecule has 7 heteroatoms. The first-order chi connectivity index (χ1) is 14.5. The summed E-state index contributed by atoms with van der Waals surface area (Å²) >= 11 is 0. The molecule has 1 atom stereocenters. The lowest BCUT2D eigenvalue weighted by Crippen LogP contribution is -2.47. The molecule has 2 fully saturated rings. The number of nitrogens with one attached hydrogen (secondary N) is 1. The van der Waals surface area contributed by atoms with Crippen LogP contribution in [0.25, 0.3) is 0 Å². The van der Waals surface area contributed by atoms with Gasteiger partial charge in [-0.2, -0.15) is 5.10 Å². The van der Waals surface area contributed by atoms with Crippen molar-refractivity contribution < 1.29 is 14.6 Å². The monoisotopic (exact) mass is 418 g/mol. The number of hydrogen-bond acceptors (Lipinski definition) is 5. The molecule has 1 saturated heterocycles. The maximum atomic E-state index is 13.3. The largest absolute Gasteiger partial charge is 0.389 e. The van der Waals surface area contributed by atoms with Gasteiger partial charge in [-0.05, 0) is 38.0 Å². The van der Waals surface area contributed by atoms with E-state index < -0.39 is 5.60 Å². The van der Waals surface area contributed by atoms with Crippen LogP contribution in [0.15, 0.2) is 0 Å². The fourth-order valence-electron chi connectivity index (χ4n) is 5.17. The van der Waals surface area contributed by atoms with Gasteiger partial charge in [-0.1, -0.05) is 33.1 Å². The van der Waals surface area contributed by atoms with E-state index in [1.54, 1.807) is 0 Å². The third-order valence-corrected chi connectivity index (χ3v) is 6.89. The number of nitrogens with zero attached hydrogens (tertiary/aromatic N) is 3. The fraction of sp³-hybridized carbons (Fsp3) is 0.826. The second kappa shape index (κ2) is 9.37. The summed E-state index contributed by atoms with van der Waals surface area (Å²) in [6.07, 6.45) is 8.03. The van der Waals surface area contributed by atoms with Gasteiger partial charge in [-0.15, -0.1) is 0 Å². The molecule has 1 amide bonds. The third-order valence-electron chi connectivity index (χ3n) is 6.89. The van der Waals surface area contributed by atoms with E-state index in [4.69, 9.17) is 9.84 Å². The van der Waals surface area contributed by atoms with Gasteiger partial charge in [-0.25, -0.2) is 0 Å². The normalized spacial score (nSPS) is 24.1. The zero-order valence-corrected chi connectivity index (χ0v) is 18.7. The summed E-state index contributed by atoms with van der Waals surface area (Å²) in [5, 5.41) is 19.3. The van der Waals surface area contributed by atoms with E-state index in [0.29, 0.717) is 44.5 Å². The van der Waals surface area contributed by atoms with E-state index in [1.807, 2.05) is 4.90 Å². The van der Waals surface area contributed by atoms with Gasteiger partial charge in [0.15, 0.2) is 5.69 Å². The maximum Gasteiger partial charge on any atom is 0.274 e. The average Bonchev–Trinajstić information content (AvgIpc) is 3.10. The Morgan fingerprint density at radius 2 is 2.00 bits per heavy atom. The lowest BCUT2D eigenvalue weighted by Gasteiger charge is -2.35. The first-order valence-electron chi connectivity index (χ1n) is 11.9. The van der Waals surface area contributed by atoms with Crippen LogP contribution in [0.3, 0.4) is 0 Å². The minimum atomic E-state index is -0.563. The SMILES string of the molecule is CC(C)Cn1nc(C(=O)N2CCOCC2)c2c1CC[C@H](NCC1(O)CCCCC1)C2. The van der Waals surface area contributed by atoms with Crippen LogP contribution >= 0.6 is 0 Å². The molecule has 0 bridgehead atoms. The molecule has 2 aliphatic carbocycles. The van der Waals surface area contributed by atoms with Crippen LogP contribution in [0.5, 0.6) is 0 Å². The molecule has 0 spiro atoms. The highest BCUT2D eigenvalue weighted by atomic mass is 16.5. The molecule has 1 aromatic heterocycles. The van der Waals surface area contributed by atoms with Gasteiger partial charge in [0.1, 0.15) is 0 Å². The number of carbonyl (C=O) groups is 1. The molecule has 1 aliphatic heterocycles.